The van der Waals surface area contributed by atoms with Crippen LogP contribution in [-0.4, -0.2) is 36.2 Å². The minimum atomic E-state index is -1.03. The van der Waals surface area contributed by atoms with Gasteiger partial charge >= 0.3 is 5.97 Å². The molecule has 6 heteroatoms. The molecule has 1 aromatic carbocycles. The molecule has 1 amide bonds. The second-order valence-corrected chi connectivity index (χ2v) is 5.76. The maximum Gasteiger partial charge on any atom is 0.326 e. The van der Waals surface area contributed by atoms with E-state index in [1.165, 1.54) is 0 Å². The molecule has 1 aliphatic heterocycles. The molecule has 22 heavy (non-hydrogen) atoms. The number of fused-ring (bicyclic) bond motifs is 1. The third kappa shape index (κ3) is 3.16. The van der Waals surface area contributed by atoms with E-state index in [1.54, 1.807) is 39.0 Å². The Bertz CT molecular complexity index is 582. The van der Waals surface area contributed by atoms with Gasteiger partial charge in [-0.1, -0.05) is 13.0 Å². The molecule has 1 aliphatic rings. The van der Waals surface area contributed by atoms with Crippen molar-refractivity contribution in [3.63, 3.8) is 0 Å². The van der Waals surface area contributed by atoms with Crippen LogP contribution in [0.3, 0.4) is 0 Å². The van der Waals surface area contributed by atoms with E-state index in [4.69, 9.17) is 14.6 Å². The van der Waals surface area contributed by atoms with Crippen LogP contribution in [0.4, 0.5) is 0 Å². The van der Waals surface area contributed by atoms with Crippen molar-refractivity contribution in [2.75, 3.05) is 13.2 Å². The summed E-state index contributed by atoms with van der Waals surface area (Å²) in [6.07, 6.45) is 0.332. The van der Waals surface area contributed by atoms with Crippen molar-refractivity contribution in [1.82, 2.24) is 5.32 Å². The largest absolute Gasteiger partial charge is 0.486 e. The van der Waals surface area contributed by atoms with Crippen LogP contribution >= 0.6 is 0 Å². The minimum absolute atomic E-state index is 0.332. The van der Waals surface area contributed by atoms with Gasteiger partial charge < -0.3 is 19.9 Å². The Morgan fingerprint density at radius 2 is 1.91 bits per heavy atom. The van der Waals surface area contributed by atoms with Crippen LogP contribution < -0.4 is 14.8 Å². The Hall–Kier alpha value is -2.24. The van der Waals surface area contributed by atoms with Crippen LogP contribution in [0.25, 0.3) is 0 Å². The van der Waals surface area contributed by atoms with Crippen molar-refractivity contribution >= 4 is 11.9 Å². The van der Waals surface area contributed by atoms with Gasteiger partial charge in [-0.2, -0.15) is 0 Å². The van der Waals surface area contributed by atoms with E-state index in [1.807, 2.05) is 0 Å². The number of nitrogens with one attached hydrogen (secondary N) is 1. The van der Waals surface area contributed by atoms with Gasteiger partial charge in [0.15, 0.2) is 11.5 Å². The van der Waals surface area contributed by atoms with E-state index >= 15 is 0 Å². The molecule has 0 saturated carbocycles. The zero-order valence-electron chi connectivity index (χ0n) is 13.0. The summed E-state index contributed by atoms with van der Waals surface area (Å²) in [7, 11) is 0. The van der Waals surface area contributed by atoms with Crippen LogP contribution in [0.1, 0.15) is 32.8 Å². The summed E-state index contributed by atoms with van der Waals surface area (Å²) in [4.78, 5) is 23.5. The molecule has 0 aliphatic carbocycles. The molecule has 0 saturated heterocycles. The van der Waals surface area contributed by atoms with E-state index in [0.29, 0.717) is 31.1 Å². The fourth-order valence-electron chi connectivity index (χ4n) is 2.24. The Balaban J connectivity index is 2.21. The number of amides is 1. The first-order valence-corrected chi connectivity index (χ1v) is 7.30. The Morgan fingerprint density at radius 1 is 1.27 bits per heavy atom. The highest BCUT2D eigenvalue weighted by Crippen LogP contribution is 2.35. The molecule has 1 unspecified atom stereocenters. The monoisotopic (exact) mass is 307 g/mol. The minimum Gasteiger partial charge on any atom is -0.486 e. The number of carboxylic acid groups (broad SMARTS) is 1. The van der Waals surface area contributed by atoms with Gasteiger partial charge in [0.1, 0.15) is 19.3 Å². The predicted molar refractivity (Wildman–Crippen MR) is 80.3 cm³/mol. The summed E-state index contributed by atoms with van der Waals surface area (Å²) in [6.45, 7) is 6.20. The van der Waals surface area contributed by atoms with E-state index in [2.05, 4.69) is 5.32 Å². The number of hydrogen-bond acceptors (Lipinski definition) is 4. The number of aliphatic carboxylic acids is 1. The smallest absolute Gasteiger partial charge is 0.326 e. The molecule has 0 spiro atoms. The highest BCUT2D eigenvalue weighted by molar-refractivity contribution is 5.91. The molecule has 0 aromatic heterocycles. The number of carbonyl (C=O) groups excluding carboxylic acids is 1. The summed E-state index contributed by atoms with van der Waals surface area (Å²) < 4.78 is 11.0. The topological polar surface area (TPSA) is 84.9 Å². The van der Waals surface area contributed by atoms with Gasteiger partial charge in [0, 0.05) is 0 Å². The zero-order chi connectivity index (χ0) is 16.3. The lowest BCUT2D eigenvalue weighted by Gasteiger charge is -2.28. The van der Waals surface area contributed by atoms with Crippen molar-refractivity contribution in [3.8, 4) is 11.5 Å². The Kier molecular flexibility index (Phi) is 4.59. The number of carbonyl (C=O) groups is 2. The van der Waals surface area contributed by atoms with Gasteiger partial charge in [0.05, 0.1) is 5.41 Å². The van der Waals surface area contributed by atoms with Crippen molar-refractivity contribution in [3.05, 3.63) is 23.8 Å². The standard InChI is InChI=1S/C16H21NO5/c1-4-11(14(18)19)17-15(20)16(2,3)10-5-6-12-13(9-10)22-8-7-21-12/h5-6,9,11H,4,7-8H2,1-3H3,(H,17,20)(H,18,19). The van der Waals surface area contributed by atoms with Gasteiger partial charge in [-0.3, -0.25) is 4.79 Å². The van der Waals surface area contributed by atoms with Crippen LogP contribution in [-0.2, 0) is 15.0 Å². The molecule has 120 valence electrons. The average Bonchev–Trinajstić information content (AvgIpc) is 2.51. The number of ether oxygens (including phenoxy) is 2. The third-order valence-electron chi connectivity index (χ3n) is 3.84. The van der Waals surface area contributed by atoms with Gasteiger partial charge in [-0.05, 0) is 38.0 Å². The highest BCUT2D eigenvalue weighted by atomic mass is 16.6. The quantitative estimate of drug-likeness (QED) is 0.865. The van der Waals surface area contributed by atoms with E-state index in [-0.39, 0.29) is 5.91 Å². The molecule has 0 radical (unpaired) electrons. The van der Waals surface area contributed by atoms with Crippen molar-refractivity contribution in [2.45, 2.75) is 38.6 Å². The SMILES string of the molecule is CCC(NC(=O)C(C)(C)c1ccc2c(c1)OCCO2)C(=O)O. The fraction of sp³-hybridized carbons (Fsp3) is 0.500. The number of carboxylic acids is 1. The molecule has 1 aromatic rings. The van der Waals surface area contributed by atoms with Crippen molar-refractivity contribution < 1.29 is 24.2 Å². The fourth-order valence-corrected chi connectivity index (χ4v) is 2.24. The molecule has 1 heterocycles. The molecule has 2 N–H and O–H groups in total. The summed E-state index contributed by atoms with van der Waals surface area (Å²) in [5.41, 5.74) is -0.131. The Morgan fingerprint density at radius 3 is 2.50 bits per heavy atom. The first-order chi connectivity index (χ1) is 10.4. The molecule has 6 nitrogen and oxygen atoms in total. The normalized spacial score (nSPS) is 15.0. The lowest BCUT2D eigenvalue weighted by molar-refractivity contribution is -0.142. The van der Waals surface area contributed by atoms with Crippen LogP contribution in [0, 0.1) is 0 Å². The van der Waals surface area contributed by atoms with Crippen LogP contribution in [0.5, 0.6) is 11.5 Å². The highest BCUT2D eigenvalue weighted by Gasteiger charge is 2.33. The van der Waals surface area contributed by atoms with Crippen molar-refractivity contribution in [2.24, 2.45) is 0 Å². The molecular formula is C16H21NO5. The number of benzene rings is 1. The first kappa shape index (κ1) is 16.1. The summed E-state index contributed by atoms with van der Waals surface area (Å²) in [6, 6.07) is 4.46. The van der Waals surface area contributed by atoms with Gasteiger partial charge in [-0.25, -0.2) is 4.79 Å². The van der Waals surface area contributed by atoms with E-state index < -0.39 is 17.4 Å². The summed E-state index contributed by atoms with van der Waals surface area (Å²) in [5.74, 6) is -0.106. The first-order valence-electron chi connectivity index (χ1n) is 7.30. The van der Waals surface area contributed by atoms with E-state index in [9.17, 15) is 9.59 Å². The van der Waals surface area contributed by atoms with E-state index in [0.717, 1.165) is 5.56 Å². The van der Waals surface area contributed by atoms with Gasteiger partial charge in [-0.15, -0.1) is 0 Å². The molecule has 2 rings (SSSR count). The second kappa shape index (κ2) is 6.25. The Labute approximate surface area is 129 Å². The third-order valence-corrected chi connectivity index (χ3v) is 3.84. The van der Waals surface area contributed by atoms with Gasteiger partial charge in [0.25, 0.3) is 0 Å². The van der Waals surface area contributed by atoms with Crippen LogP contribution in [0.2, 0.25) is 0 Å². The lowest BCUT2D eigenvalue weighted by atomic mass is 9.83. The summed E-state index contributed by atoms with van der Waals surface area (Å²) >= 11 is 0. The predicted octanol–water partition coefficient (Wildman–Crippen LogP) is 1.71. The zero-order valence-corrected chi connectivity index (χ0v) is 13.0. The maximum atomic E-state index is 12.5. The second-order valence-electron chi connectivity index (χ2n) is 5.76. The van der Waals surface area contributed by atoms with Crippen LogP contribution in [0.15, 0.2) is 18.2 Å². The summed E-state index contributed by atoms with van der Waals surface area (Å²) in [5, 5.41) is 11.6. The molecule has 1 atom stereocenters. The average molecular weight is 307 g/mol. The lowest BCUT2D eigenvalue weighted by Crippen LogP contribution is -2.48. The maximum absolute atomic E-state index is 12.5. The number of rotatable bonds is 5. The number of hydrogen-bond donors (Lipinski definition) is 2. The molecule has 0 bridgehead atoms. The van der Waals surface area contributed by atoms with Gasteiger partial charge in [0.2, 0.25) is 5.91 Å². The van der Waals surface area contributed by atoms with Crippen molar-refractivity contribution in [1.29, 1.82) is 0 Å². The molecular weight excluding hydrogens is 286 g/mol. The molecule has 0 fully saturated rings.